The van der Waals surface area contributed by atoms with Gasteiger partial charge in [-0.05, 0) is 55.2 Å². The number of nitrogens with zero attached hydrogens (tertiary/aromatic N) is 1. The second kappa shape index (κ2) is 8.59. The van der Waals surface area contributed by atoms with Crippen LogP contribution in [0.2, 0.25) is 5.02 Å². The van der Waals surface area contributed by atoms with Crippen molar-refractivity contribution in [2.24, 2.45) is 5.92 Å². The van der Waals surface area contributed by atoms with Crippen LogP contribution in [0.25, 0.3) is 0 Å². The SMILES string of the molecule is C[C@@H]1CCCC[C@]12NC(=O)N(CC(=O)Nc1ccc(Oc3ccccc3Cl)cc1)C2=O. The molecule has 1 saturated carbocycles. The average molecular weight is 442 g/mol. The summed E-state index contributed by atoms with van der Waals surface area (Å²) in [6.07, 6.45) is 3.43. The predicted octanol–water partition coefficient (Wildman–Crippen LogP) is 4.57. The van der Waals surface area contributed by atoms with E-state index in [9.17, 15) is 14.4 Å². The number of carbonyl (C=O) groups excluding carboxylic acids is 3. The Morgan fingerprint density at radius 3 is 2.65 bits per heavy atom. The van der Waals surface area contributed by atoms with Gasteiger partial charge in [0.15, 0.2) is 0 Å². The number of imide groups is 1. The molecule has 1 saturated heterocycles. The molecule has 1 heterocycles. The molecule has 0 bridgehead atoms. The maximum absolute atomic E-state index is 13.0. The van der Waals surface area contributed by atoms with Crippen molar-refractivity contribution < 1.29 is 19.1 Å². The molecule has 0 aromatic heterocycles. The molecule has 1 aliphatic heterocycles. The summed E-state index contributed by atoms with van der Waals surface area (Å²) in [6, 6.07) is 13.4. The zero-order valence-electron chi connectivity index (χ0n) is 17.2. The molecule has 1 spiro atoms. The Kier molecular flexibility index (Phi) is 5.87. The van der Waals surface area contributed by atoms with Crippen LogP contribution in [0.4, 0.5) is 10.5 Å². The number of benzene rings is 2. The minimum atomic E-state index is -0.868. The Morgan fingerprint density at radius 1 is 1.19 bits per heavy atom. The first kappa shape index (κ1) is 21.2. The summed E-state index contributed by atoms with van der Waals surface area (Å²) in [5.74, 6) is 0.405. The van der Waals surface area contributed by atoms with E-state index in [1.807, 2.05) is 19.1 Å². The zero-order valence-corrected chi connectivity index (χ0v) is 17.9. The largest absolute Gasteiger partial charge is 0.456 e. The fraction of sp³-hybridized carbons (Fsp3) is 0.348. The lowest BCUT2D eigenvalue weighted by atomic mass is 9.73. The van der Waals surface area contributed by atoms with Gasteiger partial charge in [-0.15, -0.1) is 0 Å². The fourth-order valence-electron chi connectivity index (χ4n) is 4.24. The number of anilines is 1. The Morgan fingerprint density at radius 2 is 1.94 bits per heavy atom. The number of ether oxygens (including phenoxy) is 1. The maximum Gasteiger partial charge on any atom is 0.325 e. The van der Waals surface area contributed by atoms with Crippen molar-refractivity contribution in [2.75, 3.05) is 11.9 Å². The highest BCUT2D eigenvalue weighted by Gasteiger charge is 2.55. The first-order valence-electron chi connectivity index (χ1n) is 10.4. The number of urea groups is 1. The van der Waals surface area contributed by atoms with Gasteiger partial charge in [-0.2, -0.15) is 0 Å². The molecule has 2 N–H and O–H groups in total. The van der Waals surface area contributed by atoms with Crippen LogP contribution in [-0.4, -0.2) is 34.8 Å². The molecule has 2 aromatic rings. The highest BCUT2D eigenvalue weighted by atomic mass is 35.5. The molecule has 1 aliphatic carbocycles. The van der Waals surface area contributed by atoms with Crippen LogP contribution in [0, 0.1) is 5.92 Å². The molecular formula is C23H24ClN3O4. The van der Waals surface area contributed by atoms with E-state index in [4.69, 9.17) is 16.3 Å². The van der Waals surface area contributed by atoms with Crippen LogP contribution in [0.15, 0.2) is 48.5 Å². The van der Waals surface area contributed by atoms with Gasteiger partial charge >= 0.3 is 6.03 Å². The highest BCUT2D eigenvalue weighted by Crippen LogP contribution is 2.38. The molecule has 0 unspecified atom stereocenters. The van der Waals surface area contributed by atoms with E-state index in [-0.39, 0.29) is 18.4 Å². The fourth-order valence-corrected chi connectivity index (χ4v) is 4.42. The molecule has 4 amide bonds. The number of nitrogens with one attached hydrogen (secondary N) is 2. The third-order valence-corrected chi connectivity index (χ3v) is 6.32. The molecule has 31 heavy (non-hydrogen) atoms. The first-order chi connectivity index (χ1) is 14.9. The summed E-state index contributed by atoms with van der Waals surface area (Å²) < 4.78 is 5.73. The first-order valence-corrected chi connectivity index (χ1v) is 10.7. The van der Waals surface area contributed by atoms with Crippen LogP contribution in [0.5, 0.6) is 11.5 Å². The molecule has 162 valence electrons. The van der Waals surface area contributed by atoms with E-state index in [2.05, 4.69) is 10.6 Å². The van der Waals surface area contributed by atoms with Gasteiger partial charge in [0.25, 0.3) is 5.91 Å². The lowest BCUT2D eigenvalue weighted by Crippen LogP contribution is -2.54. The standard InChI is InChI=1S/C23H24ClN3O4/c1-15-6-4-5-13-23(15)21(29)27(22(30)26-23)14-20(28)25-16-9-11-17(12-10-16)31-19-8-3-2-7-18(19)24/h2-3,7-12,15H,4-6,13-14H2,1H3,(H,25,28)(H,26,30)/t15-,23+/m1/s1. The molecule has 2 aromatic carbocycles. The van der Waals surface area contributed by atoms with Crippen LogP contribution in [0.3, 0.4) is 0 Å². The number of carbonyl (C=O) groups is 3. The average Bonchev–Trinajstić information content (AvgIpc) is 2.98. The lowest BCUT2D eigenvalue weighted by molar-refractivity contribution is -0.136. The van der Waals surface area contributed by atoms with E-state index in [1.54, 1.807) is 36.4 Å². The second-order valence-corrected chi connectivity index (χ2v) is 8.45. The van der Waals surface area contributed by atoms with Crippen molar-refractivity contribution in [2.45, 2.75) is 38.1 Å². The van der Waals surface area contributed by atoms with Crippen molar-refractivity contribution >= 4 is 35.1 Å². The number of para-hydroxylation sites is 1. The summed E-state index contributed by atoms with van der Waals surface area (Å²) in [6.45, 7) is 1.66. The minimum Gasteiger partial charge on any atom is -0.456 e. The summed E-state index contributed by atoms with van der Waals surface area (Å²) in [4.78, 5) is 38.9. The van der Waals surface area contributed by atoms with Gasteiger partial charge in [0.05, 0.1) is 5.02 Å². The van der Waals surface area contributed by atoms with Crippen LogP contribution in [-0.2, 0) is 9.59 Å². The van der Waals surface area contributed by atoms with Crippen LogP contribution in [0.1, 0.15) is 32.6 Å². The summed E-state index contributed by atoms with van der Waals surface area (Å²) in [5.41, 5.74) is -0.336. The quantitative estimate of drug-likeness (QED) is 0.665. The van der Waals surface area contributed by atoms with Crippen molar-refractivity contribution in [3.63, 3.8) is 0 Å². The molecule has 8 heteroatoms. The molecule has 0 radical (unpaired) electrons. The maximum atomic E-state index is 13.0. The molecule has 4 rings (SSSR count). The summed E-state index contributed by atoms with van der Waals surface area (Å²) in [7, 11) is 0. The van der Waals surface area contributed by atoms with Gasteiger partial charge in [-0.1, -0.05) is 43.5 Å². The number of hydrogen-bond acceptors (Lipinski definition) is 4. The Labute approximate surface area is 185 Å². The van der Waals surface area contributed by atoms with E-state index >= 15 is 0 Å². The van der Waals surface area contributed by atoms with Crippen molar-refractivity contribution in [3.05, 3.63) is 53.6 Å². The number of halogens is 1. The van der Waals surface area contributed by atoms with Gasteiger partial charge in [-0.3, -0.25) is 14.5 Å². The third-order valence-electron chi connectivity index (χ3n) is 6.01. The van der Waals surface area contributed by atoms with E-state index in [1.165, 1.54) is 0 Å². The topological polar surface area (TPSA) is 87.7 Å². The molecule has 7 nitrogen and oxygen atoms in total. The van der Waals surface area contributed by atoms with E-state index in [0.29, 0.717) is 28.6 Å². The normalized spacial score (nSPS) is 23.0. The number of rotatable bonds is 5. The van der Waals surface area contributed by atoms with Crippen molar-refractivity contribution in [1.29, 1.82) is 0 Å². The van der Waals surface area contributed by atoms with E-state index < -0.39 is 17.5 Å². The smallest absolute Gasteiger partial charge is 0.325 e. The molecule has 2 fully saturated rings. The minimum absolute atomic E-state index is 0.0522. The van der Waals surface area contributed by atoms with Gasteiger partial charge < -0.3 is 15.4 Å². The van der Waals surface area contributed by atoms with Gasteiger partial charge in [0, 0.05) is 5.69 Å². The van der Waals surface area contributed by atoms with Crippen molar-refractivity contribution in [3.8, 4) is 11.5 Å². The Bertz CT molecular complexity index is 1010. The number of hydrogen-bond donors (Lipinski definition) is 2. The Hall–Kier alpha value is -3.06. The van der Waals surface area contributed by atoms with Crippen LogP contribution >= 0.6 is 11.6 Å². The summed E-state index contributed by atoms with van der Waals surface area (Å²) in [5, 5.41) is 6.07. The molecule has 2 aliphatic rings. The zero-order chi connectivity index (χ0) is 22.0. The lowest BCUT2D eigenvalue weighted by Gasteiger charge is -2.36. The highest BCUT2D eigenvalue weighted by molar-refractivity contribution is 6.32. The van der Waals surface area contributed by atoms with Crippen LogP contribution < -0.4 is 15.4 Å². The van der Waals surface area contributed by atoms with Gasteiger partial charge in [0.1, 0.15) is 23.6 Å². The van der Waals surface area contributed by atoms with Crippen molar-refractivity contribution in [1.82, 2.24) is 10.2 Å². The number of amides is 4. The molecular weight excluding hydrogens is 418 g/mol. The van der Waals surface area contributed by atoms with Gasteiger partial charge in [-0.25, -0.2) is 4.79 Å². The van der Waals surface area contributed by atoms with Gasteiger partial charge in [0.2, 0.25) is 5.91 Å². The monoisotopic (exact) mass is 441 g/mol. The molecule has 2 atom stereocenters. The second-order valence-electron chi connectivity index (χ2n) is 8.04. The third kappa shape index (κ3) is 4.23. The summed E-state index contributed by atoms with van der Waals surface area (Å²) >= 11 is 6.09. The Balaban J connectivity index is 1.37. The van der Waals surface area contributed by atoms with E-state index in [0.717, 1.165) is 24.2 Å². The predicted molar refractivity (Wildman–Crippen MR) is 117 cm³/mol.